The van der Waals surface area contributed by atoms with E-state index in [2.05, 4.69) is 0 Å². The fourth-order valence-electron chi connectivity index (χ4n) is 2.88. The number of carboxylic acid groups (broad SMARTS) is 1. The molecule has 28 heavy (non-hydrogen) atoms. The van der Waals surface area contributed by atoms with E-state index in [1.54, 1.807) is 24.3 Å². The average molecular weight is 434 g/mol. The minimum absolute atomic E-state index is 0.000381. The molecule has 0 radical (unpaired) electrons. The van der Waals surface area contributed by atoms with E-state index in [9.17, 15) is 14.7 Å². The summed E-state index contributed by atoms with van der Waals surface area (Å²) in [5, 5.41) is 10.4. The molecular weight excluding hydrogens is 417 g/mol. The summed E-state index contributed by atoms with van der Waals surface area (Å²) in [4.78, 5) is 27.4. The summed E-state index contributed by atoms with van der Waals surface area (Å²) in [6.07, 6.45) is 0. The zero-order valence-corrected chi connectivity index (χ0v) is 17.5. The highest BCUT2D eigenvalue weighted by atomic mass is 35.5. The molecule has 3 aromatic rings. The average Bonchev–Trinajstić information content (AvgIpc) is 3.10. The second kappa shape index (κ2) is 8.35. The van der Waals surface area contributed by atoms with Crippen LogP contribution in [0, 0.1) is 0 Å². The first kappa shape index (κ1) is 20.4. The minimum Gasteiger partial charge on any atom is -0.477 e. The van der Waals surface area contributed by atoms with Gasteiger partial charge in [-0.1, -0.05) is 53.5 Å². The summed E-state index contributed by atoms with van der Waals surface area (Å²) in [6.45, 7) is 3.68. The molecule has 0 bridgehead atoms. The molecule has 0 saturated heterocycles. The fraction of sp³-hybridized carbons (Fsp3) is 0.143. The Labute approximate surface area is 176 Å². The predicted molar refractivity (Wildman–Crippen MR) is 115 cm³/mol. The van der Waals surface area contributed by atoms with Crippen molar-refractivity contribution in [2.75, 3.05) is 4.90 Å². The lowest BCUT2D eigenvalue weighted by atomic mass is 10.1. The molecule has 0 aliphatic carbocycles. The SMILES string of the molecule is CC(C)N(C(=O)c1cc(-c2ccccc2)sc1C(=O)O)c1ccc(Cl)cc1Cl. The van der Waals surface area contributed by atoms with Crippen LogP contribution in [0.4, 0.5) is 5.69 Å². The molecule has 1 amide bonds. The van der Waals surface area contributed by atoms with Crippen LogP contribution in [-0.2, 0) is 0 Å². The van der Waals surface area contributed by atoms with Crippen molar-refractivity contribution in [3.63, 3.8) is 0 Å². The third-order valence-corrected chi connectivity index (χ3v) is 5.83. The summed E-state index contributed by atoms with van der Waals surface area (Å²) < 4.78 is 0. The highest BCUT2D eigenvalue weighted by Crippen LogP contribution is 2.36. The Balaban J connectivity index is 2.11. The highest BCUT2D eigenvalue weighted by Gasteiger charge is 2.29. The van der Waals surface area contributed by atoms with Gasteiger partial charge in [-0.2, -0.15) is 0 Å². The quantitative estimate of drug-likeness (QED) is 0.500. The Morgan fingerprint density at radius 1 is 1.04 bits per heavy atom. The Bertz CT molecular complexity index is 1030. The van der Waals surface area contributed by atoms with Gasteiger partial charge in [0.2, 0.25) is 0 Å². The molecule has 2 aromatic carbocycles. The number of hydrogen-bond acceptors (Lipinski definition) is 3. The molecule has 7 heteroatoms. The number of anilines is 1. The lowest BCUT2D eigenvalue weighted by Crippen LogP contribution is -2.37. The maximum atomic E-state index is 13.4. The van der Waals surface area contributed by atoms with Crippen molar-refractivity contribution in [2.24, 2.45) is 0 Å². The number of carbonyl (C=O) groups excluding carboxylic acids is 1. The van der Waals surface area contributed by atoms with Crippen molar-refractivity contribution in [1.82, 2.24) is 0 Å². The molecule has 0 aliphatic rings. The van der Waals surface area contributed by atoms with E-state index < -0.39 is 11.9 Å². The molecule has 1 heterocycles. The molecule has 0 saturated carbocycles. The first-order valence-corrected chi connectivity index (χ1v) is 10.1. The number of hydrogen-bond donors (Lipinski definition) is 1. The molecule has 3 rings (SSSR count). The molecule has 144 valence electrons. The van der Waals surface area contributed by atoms with Gasteiger partial charge >= 0.3 is 5.97 Å². The van der Waals surface area contributed by atoms with Crippen LogP contribution in [0.25, 0.3) is 10.4 Å². The van der Waals surface area contributed by atoms with Crippen LogP contribution in [0.5, 0.6) is 0 Å². The molecule has 0 fully saturated rings. The van der Waals surface area contributed by atoms with Gasteiger partial charge in [0, 0.05) is 15.9 Å². The first-order valence-electron chi connectivity index (χ1n) is 8.50. The molecule has 1 N–H and O–H groups in total. The van der Waals surface area contributed by atoms with E-state index in [-0.39, 0.29) is 16.5 Å². The number of carbonyl (C=O) groups is 2. The summed E-state index contributed by atoms with van der Waals surface area (Å²) in [7, 11) is 0. The van der Waals surface area contributed by atoms with Crippen molar-refractivity contribution in [2.45, 2.75) is 19.9 Å². The molecule has 0 unspecified atom stereocenters. The van der Waals surface area contributed by atoms with Crippen LogP contribution < -0.4 is 4.90 Å². The lowest BCUT2D eigenvalue weighted by Gasteiger charge is -2.28. The van der Waals surface area contributed by atoms with Crippen LogP contribution in [0.1, 0.15) is 33.9 Å². The summed E-state index contributed by atoms with van der Waals surface area (Å²) in [5.74, 6) is -1.56. The van der Waals surface area contributed by atoms with Crippen LogP contribution in [-0.4, -0.2) is 23.0 Å². The number of amides is 1. The van der Waals surface area contributed by atoms with Crippen LogP contribution >= 0.6 is 34.5 Å². The van der Waals surface area contributed by atoms with Gasteiger partial charge in [0.25, 0.3) is 5.91 Å². The Kier molecular flexibility index (Phi) is 6.08. The standard InChI is InChI=1S/C21H17Cl2NO3S/c1-12(2)24(17-9-8-14(22)10-16(17)23)20(25)15-11-18(28-19(15)21(26)27)13-6-4-3-5-7-13/h3-12H,1-2H3,(H,26,27). The number of benzene rings is 2. The van der Waals surface area contributed by atoms with Crippen LogP contribution in [0.2, 0.25) is 10.0 Å². The van der Waals surface area contributed by atoms with E-state index in [0.717, 1.165) is 16.9 Å². The highest BCUT2D eigenvalue weighted by molar-refractivity contribution is 7.17. The van der Waals surface area contributed by atoms with Gasteiger partial charge in [0.1, 0.15) is 4.88 Å². The number of halogens is 2. The summed E-state index contributed by atoms with van der Waals surface area (Å²) in [6, 6.07) is 15.6. The number of thiophene rings is 1. The lowest BCUT2D eigenvalue weighted by molar-refractivity contribution is 0.0697. The van der Waals surface area contributed by atoms with Gasteiger partial charge in [-0.15, -0.1) is 11.3 Å². The monoisotopic (exact) mass is 433 g/mol. The second-order valence-corrected chi connectivity index (χ2v) is 8.29. The van der Waals surface area contributed by atoms with E-state index >= 15 is 0 Å². The first-order chi connectivity index (χ1) is 13.3. The van der Waals surface area contributed by atoms with Gasteiger partial charge in [-0.05, 0) is 43.7 Å². The van der Waals surface area contributed by atoms with Gasteiger partial charge in [-0.25, -0.2) is 4.79 Å². The Morgan fingerprint density at radius 3 is 2.29 bits per heavy atom. The van der Waals surface area contributed by atoms with E-state index in [1.165, 1.54) is 4.90 Å². The predicted octanol–water partition coefficient (Wildman–Crippen LogP) is 6.48. The normalized spacial score (nSPS) is 10.9. The second-order valence-electron chi connectivity index (χ2n) is 6.39. The van der Waals surface area contributed by atoms with Gasteiger partial charge in [0.15, 0.2) is 0 Å². The van der Waals surface area contributed by atoms with E-state index in [0.29, 0.717) is 20.6 Å². The summed E-state index contributed by atoms with van der Waals surface area (Å²) in [5.41, 5.74) is 1.47. The molecule has 0 atom stereocenters. The maximum Gasteiger partial charge on any atom is 0.346 e. The molecule has 4 nitrogen and oxygen atoms in total. The van der Waals surface area contributed by atoms with E-state index in [1.807, 2.05) is 44.2 Å². The van der Waals surface area contributed by atoms with E-state index in [4.69, 9.17) is 23.2 Å². The fourth-order valence-corrected chi connectivity index (χ4v) is 4.38. The smallest absolute Gasteiger partial charge is 0.346 e. The largest absolute Gasteiger partial charge is 0.477 e. The van der Waals surface area contributed by atoms with Crippen LogP contribution in [0.15, 0.2) is 54.6 Å². The third kappa shape index (κ3) is 4.07. The van der Waals surface area contributed by atoms with Crippen molar-refractivity contribution in [3.05, 3.63) is 75.1 Å². The maximum absolute atomic E-state index is 13.4. The third-order valence-electron chi connectivity index (χ3n) is 4.12. The zero-order valence-electron chi connectivity index (χ0n) is 15.1. The number of aromatic carboxylic acids is 1. The molecule has 0 spiro atoms. The molecule has 1 aromatic heterocycles. The van der Waals surface area contributed by atoms with Crippen molar-refractivity contribution in [1.29, 1.82) is 0 Å². The molecule has 0 aliphatic heterocycles. The number of nitrogens with zero attached hydrogens (tertiary/aromatic N) is 1. The Morgan fingerprint density at radius 2 is 1.71 bits per heavy atom. The Hall–Kier alpha value is -2.34. The van der Waals surface area contributed by atoms with Crippen LogP contribution in [0.3, 0.4) is 0 Å². The number of carboxylic acids is 1. The van der Waals surface area contributed by atoms with Gasteiger partial charge in [-0.3, -0.25) is 4.79 Å². The summed E-state index contributed by atoms with van der Waals surface area (Å²) >= 11 is 13.4. The van der Waals surface area contributed by atoms with Gasteiger partial charge < -0.3 is 10.0 Å². The van der Waals surface area contributed by atoms with Crippen molar-refractivity contribution >= 4 is 52.1 Å². The van der Waals surface area contributed by atoms with Crippen molar-refractivity contribution < 1.29 is 14.7 Å². The van der Waals surface area contributed by atoms with Crippen molar-refractivity contribution in [3.8, 4) is 10.4 Å². The van der Waals surface area contributed by atoms with Gasteiger partial charge in [0.05, 0.1) is 16.3 Å². The topological polar surface area (TPSA) is 57.6 Å². The minimum atomic E-state index is -1.14. The molecular formula is C21H17Cl2NO3S. The zero-order chi connectivity index (χ0) is 20.4. The number of rotatable bonds is 5.